The maximum Gasteiger partial charge on any atom is 0.265 e. The van der Waals surface area contributed by atoms with Crippen LogP contribution >= 0.6 is 0 Å². The van der Waals surface area contributed by atoms with Gasteiger partial charge in [0.1, 0.15) is 5.69 Å². The molecular formula is C8H8F2N2O. The highest BCUT2D eigenvalue weighted by Gasteiger charge is 2.10. The van der Waals surface area contributed by atoms with E-state index in [1.807, 2.05) is 0 Å². The molecule has 5 heteroatoms. The van der Waals surface area contributed by atoms with Gasteiger partial charge in [-0.2, -0.15) is 0 Å². The number of nitrogens with two attached hydrogens (primary N) is 1. The zero-order valence-electron chi connectivity index (χ0n) is 6.71. The highest BCUT2D eigenvalue weighted by molar-refractivity contribution is 5.74. The number of pyridine rings is 1. The number of aromatic nitrogens is 1. The lowest BCUT2D eigenvalue weighted by atomic mass is 10.1. The molecule has 1 rings (SSSR count). The molecule has 0 unspecified atom stereocenters. The fraction of sp³-hybridized carbons (Fsp3) is 0.250. The lowest BCUT2D eigenvalue weighted by Crippen LogP contribution is -2.04. The monoisotopic (exact) mass is 186 g/mol. The number of rotatable bonds is 3. The van der Waals surface area contributed by atoms with Gasteiger partial charge in [0.05, 0.1) is 0 Å². The first kappa shape index (κ1) is 9.73. The van der Waals surface area contributed by atoms with Crippen molar-refractivity contribution < 1.29 is 13.6 Å². The van der Waals surface area contributed by atoms with E-state index >= 15 is 0 Å². The number of halogens is 2. The van der Waals surface area contributed by atoms with Crippen LogP contribution in [0, 0.1) is 0 Å². The maximum atomic E-state index is 12.1. The molecule has 1 aromatic rings. The Balaban J connectivity index is 3.12. The summed E-state index contributed by atoms with van der Waals surface area (Å²) in [4.78, 5) is 13.9. The van der Waals surface area contributed by atoms with Crippen LogP contribution in [-0.4, -0.2) is 11.3 Å². The van der Waals surface area contributed by atoms with E-state index in [1.54, 1.807) is 0 Å². The minimum atomic E-state index is -2.58. The molecule has 0 fully saturated rings. The van der Waals surface area contributed by atoms with Gasteiger partial charge in [0.25, 0.3) is 6.43 Å². The number of aldehydes is 1. The van der Waals surface area contributed by atoms with Crippen molar-refractivity contribution in [3.63, 3.8) is 0 Å². The molecule has 13 heavy (non-hydrogen) atoms. The van der Waals surface area contributed by atoms with E-state index in [-0.39, 0.29) is 17.8 Å². The van der Waals surface area contributed by atoms with Crippen LogP contribution in [0.1, 0.15) is 28.0 Å². The van der Waals surface area contributed by atoms with Crippen molar-refractivity contribution in [1.29, 1.82) is 0 Å². The van der Waals surface area contributed by atoms with Gasteiger partial charge in [-0.15, -0.1) is 0 Å². The lowest BCUT2D eigenvalue weighted by Gasteiger charge is -2.03. The Kier molecular flexibility index (Phi) is 3.02. The van der Waals surface area contributed by atoms with Crippen molar-refractivity contribution in [1.82, 2.24) is 4.98 Å². The average molecular weight is 186 g/mol. The van der Waals surface area contributed by atoms with E-state index in [0.717, 1.165) is 6.20 Å². The van der Waals surface area contributed by atoms with Gasteiger partial charge in [0.2, 0.25) is 0 Å². The molecule has 0 aliphatic carbocycles. The first-order valence-electron chi connectivity index (χ1n) is 3.61. The van der Waals surface area contributed by atoms with Crippen LogP contribution < -0.4 is 5.73 Å². The molecule has 2 N–H and O–H groups in total. The Labute approximate surface area is 73.6 Å². The highest BCUT2D eigenvalue weighted by Crippen LogP contribution is 2.19. The van der Waals surface area contributed by atoms with Crippen molar-refractivity contribution in [3.05, 3.63) is 29.1 Å². The molecule has 0 radical (unpaired) electrons. The Bertz CT molecular complexity index is 315. The quantitative estimate of drug-likeness (QED) is 0.723. The SMILES string of the molecule is NCc1cc(C(F)F)cnc1C=O. The first-order chi connectivity index (χ1) is 6.19. The van der Waals surface area contributed by atoms with E-state index < -0.39 is 6.43 Å². The zero-order valence-corrected chi connectivity index (χ0v) is 6.71. The summed E-state index contributed by atoms with van der Waals surface area (Å²) in [5, 5.41) is 0. The third-order valence-electron chi connectivity index (χ3n) is 1.61. The van der Waals surface area contributed by atoms with Crippen molar-refractivity contribution in [3.8, 4) is 0 Å². The second-order valence-electron chi connectivity index (χ2n) is 2.44. The van der Waals surface area contributed by atoms with Gasteiger partial charge < -0.3 is 5.73 Å². The van der Waals surface area contributed by atoms with Crippen LogP contribution in [0.4, 0.5) is 8.78 Å². The molecule has 0 spiro atoms. The molecule has 0 atom stereocenters. The minimum absolute atomic E-state index is 0.0294. The van der Waals surface area contributed by atoms with Crippen molar-refractivity contribution in [2.24, 2.45) is 5.73 Å². The number of carbonyl (C=O) groups excluding carboxylic acids is 1. The van der Waals surface area contributed by atoms with Gasteiger partial charge in [0.15, 0.2) is 6.29 Å². The van der Waals surface area contributed by atoms with Crippen molar-refractivity contribution in [2.45, 2.75) is 13.0 Å². The predicted octanol–water partition coefficient (Wildman–Crippen LogP) is 1.29. The predicted molar refractivity (Wildman–Crippen MR) is 42.5 cm³/mol. The molecule has 0 aliphatic rings. The summed E-state index contributed by atoms with van der Waals surface area (Å²) in [5.41, 5.74) is 5.49. The van der Waals surface area contributed by atoms with Crippen molar-refractivity contribution >= 4 is 6.29 Å². The van der Waals surface area contributed by atoms with Crippen LogP contribution in [0.2, 0.25) is 0 Å². The molecule has 1 aromatic heterocycles. The van der Waals surface area contributed by atoms with E-state index in [0.29, 0.717) is 11.8 Å². The molecule has 0 aromatic carbocycles. The normalized spacial score (nSPS) is 10.5. The van der Waals surface area contributed by atoms with E-state index in [2.05, 4.69) is 4.98 Å². The first-order valence-corrected chi connectivity index (χ1v) is 3.61. The number of nitrogens with zero attached hydrogens (tertiary/aromatic N) is 1. The summed E-state index contributed by atoms with van der Waals surface area (Å²) in [6.07, 6.45) is -1.11. The molecule has 3 nitrogen and oxygen atoms in total. The van der Waals surface area contributed by atoms with Gasteiger partial charge in [-0.3, -0.25) is 9.78 Å². The summed E-state index contributed by atoms with van der Waals surface area (Å²) >= 11 is 0. The number of hydrogen-bond acceptors (Lipinski definition) is 3. The van der Waals surface area contributed by atoms with Gasteiger partial charge in [-0.1, -0.05) is 0 Å². The van der Waals surface area contributed by atoms with Crippen LogP contribution in [-0.2, 0) is 6.54 Å². The van der Waals surface area contributed by atoms with E-state index in [1.165, 1.54) is 6.07 Å². The summed E-state index contributed by atoms with van der Waals surface area (Å²) in [5.74, 6) is 0. The molecule has 0 saturated carbocycles. The summed E-state index contributed by atoms with van der Waals surface area (Å²) in [7, 11) is 0. The van der Waals surface area contributed by atoms with Gasteiger partial charge in [-0.05, 0) is 11.6 Å². The third-order valence-corrected chi connectivity index (χ3v) is 1.61. The second kappa shape index (κ2) is 4.04. The summed E-state index contributed by atoms with van der Waals surface area (Å²) in [6.45, 7) is 0.0294. The fourth-order valence-corrected chi connectivity index (χ4v) is 0.928. The Morgan fingerprint density at radius 2 is 2.31 bits per heavy atom. The number of carbonyl (C=O) groups is 1. The fourth-order valence-electron chi connectivity index (χ4n) is 0.928. The molecule has 0 bridgehead atoms. The van der Waals surface area contributed by atoms with Crippen LogP contribution in [0.5, 0.6) is 0 Å². The largest absolute Gasteiger partial charge is 0.326 e. The second-order valence-corrected chi connectivity index (χ2v) is 2.44. The molecule has 70 valence electrons. The minimum Gasteiger partial charge on any atom is -0.326 e. The number of hydrogen-bond donors (Lipinski definition) is 1. The molecule has 0 amide bonds. The van der Waals surface area contributed by atoms with Crippen LogP contribution in [0.15, 0.2) is 12.3 Å². The number of alkyl halides is 2. The molecular weight excluding hydrogens is 178 g/mol. The average Bonchev–Trinajstić information content (AvgIpc) is 2.16. The lowest BCUT2D eigenvalue weighted by molar-refractivity contribution is 0.111. The van der Waals surface area contributed by atoms with E-state index in [4.69, 9.17) is 5.73 Å². The van der Waals surface area contributed by atoms with Gasteiger partial charge in [-0.25, -0.2) is 8.78 Å². The maximum absolute atomic E-state index is 12.1. The molecule has 0 saturated heterocycles. The topological polar surface area (TPSA) is 56.0 Å². The smallest absolute Gasteiger partial charge is 0.265 e. The zero-order chi connectivity index (χ0) is 9.84. The van der Waals surface area contributed by atoms with Crippen LogP contribution in [0.25, 0.3) is 0 Å². The van der Waals surface area contributed by atoms with E-state index in [9.17, 15) is 13.6 Å². The van der Waals surface area contributed by atoms with Gasteiger partial charge >= 0.3 is 0 Å². The van der Waals surface area contributed by atoms with Crippen molar-refractivity contribution in [2.75, 3.05) is 0 Å². The Morgan fingerprint density at radius 1 is 1.62 bits per heavy atom. The standard InChI is InChI=1S/C8H8F2N2O/c9-8(10)6-1-5(2-11)7(4-13)12-3-6/h1,3-4,8H,2,11H2. The van der Waals surface area contributed by atoms with Crippen LogP contribution in [0.3, 0.4) is 0 Å². The van der Waals surface area contributed by atoms with Gasteiger partial charge in [0, 0.05) is 18.3 Å². The highest BCUT2D eigenvalue weighted by atomic mass is 19.3. The summed E-state index contributed by atoms with van der Waals surface area (Å²) in [6, 6.07) is 1.20. The Morgan fingerprint density at radius 3 is 2.77 bits per heavy atom. The Hall–Kier alpha value is -1.36. The third kappa shape index (κ3) is 2.06. The molecule has 1 heterocycles. The molecule has 0 aliphatic heterocycles. The summed E-state index contributed by atoms with van der Waals surface area (Å²) < 4.78 is 24.3.